The fourth-order valence-electron chi connectivity index (χ4n) is 6.60. The average Bonchev–Trinajstić information content (AvgIpc) is 3.19. The van der Waals surface area contributed by atoms with Gasteiger partial charge in [-0.3, -0.25) is 19.4 Å². The van der Waals surface area contributed by atoms with Gasteiger partial charge in [0.25, 0.3) is 0 Å². The minimum absolute atomic E-state index is 0.00728. The Hall–Kier alpha value is -4.81. The molecule has 0 N–H and O–H groups in total. The highest BCUT2D eigenvalue weighted by Gasteiger charge is 2.25. The van der Waals surface area contributed by atoms with Crippen molar-refractivity contribution in [3.05, 3.63) is 119 Å². The molecule has 4 aromatic rings. The third-order valence-electron chi connectivity index (χ3n) is 9.74. The van der Waals surface area contributed by atoms with Crippen molar-refractivity contribution < 1.29 is 42.4 Å². The maximum atomic E-state index is 13.0. The summed E-state index contributed by atoms with van der Waals surface area (Å²) in [6.45, 7) is 21.2. The lowest BCUT2D eigenvalue weighted by atomic mass is 10.1. The van der Waals surface area contributed by atoms with Crippen LogP contribution >= 0.6 is 0 Å². The van der Waals surface area contributed by atoms with Crippen molar-refractivity contribution in [2.45, 2.75) is 91.6 Å². The van der Waals surface area contributed by atoms with E-state index in [2.05, 4.69) is 41.8 Å². The van der Waals surface area contributed by atoms with E-state index in [9.17, 15) is 14.0 Å². The van der Waals surface area contributed by atoms with Crippen LogP contribution in [0.15, 0.2) is 91.0 Å². The predicted molar refractivity (Wildman–Crippen MR) is 227 cm³/mol. The van der Waals surface area contributed by atoms with Crippen LogP contribution in [0.2, 0.25) is 0 Å². The first kappa shape index (κ1) is 45.3. The second kappa shape index (κ2) is 20.9. The number of esters is 2. The molecule has 2 aliphatic rings. The molecule has 0 radical (unpaired) electrons. The third-order valence-corrected chi connectivity index (χ3v) is 9.74. The fraction of sp³-hybridized carbons (Fsp3) is 0.458. The lowest BCUT2D eigenvalue weighted by Crippen LogP contribution is -2.39. The number of hydrogen-bond donors (Lipinski definition) is 0. The Morgan fingerprint density at radius 3 is 1.49 bits per heavy atom. The van der Waals surface area contributed by atoms with Gasteiger partial charge in [0.15, 0.2) is 0 Å². The summed E-state index contributed by atoms with van der Waals surface area (Å²) in [7, 11) is 0. The molecule has 0 bridgehead atoms. The maximum Gasteiger partial charge on any atom is 0.307 e. The molecule has 0 aromatic heterocycles. The van der Waals surface area contributed by atoms with E-state index in [-0.39, 0.29) is 30.0 Å². The average molecular weight is 813 g/mol. The lowest BCUT2D eigenvalue weighted by molar-refractivity contribution is -0.156. The van der Waals surface area contributed by atoms with Gasteiger partial charge in [-0.1, -0.05) is 36.4 Å². The predicted octanol–water partition coefficient (Wildman–Crippen LogP) is 9.92. The highest BCUT2D eigenvalue weighted by atomic mass is 19.1. The molecule has 10 nitrogen and oxygen atoms in total. The summed E-state index contributed by atoms with van der Waals surface area (Å²) in [4.78, 5) is 28.4. The van der Waals surface area contributed by atoms with Crippen molar-refractivity contribution in [1.82, 2.24) is 9.80 Å². The second-order valence-corrected chi connectivity index (χ2v) is 17.0. The number of morpholine rings is 2. The van der Waals surface area contributed by atoms with Gasteiger partial charge in [0.1, 0.15) is 40.0 Å². The molecule has 2 heterocycles. The molecule has 0 saturated carbocycles. The Morgan fingerprint density at radius 2 is 1.05 bits per heavy atom. The van der Waals surface area contributed by atoms with E-state index < -0.39 is 11.2 Å². The van der Waals surface area contributed by atoms with Gasteiger partial charge in [-0.2, -0.15) is 0 Å². The number of benzene rings is 4. The number of hydrogen-bond acceptors (Lipinski definition) is 10. The maximum absolute atomic E-state index is 13.0. The minimum Gasteiger partial charge on any atom is -0.460 e. The van der Waals surface area contributed by atoms with Gasteiger partial charge in [0.2, 0.25) is 0 Å². The summed E-state index contributed by atoms with van der Waals surface area (Å²) < 4.78 is 47.4. The molecule has 11 heteroatoms. The van der Waals surface area contributed by atoms with Crippen molar-refractivity contribution in [2.75, 3.05) is 52.5 Å². The van der Waals surface area contributed by atoms with E-state index in [0.29, 0.717) is 50.6 Å². The lowest BCUT2D eigenvalue weighted by Gasteiger charge is -2.33. The van der Waals surface area contributed by atoms with Crippen molar-refractivity contribution in [3.8, 4) is 23.0 Å². The molecule has 4 aromatic carbocycles. The van der Waals surface area contributed by atoms with Crippen molar-refractivity contribution in [1.29, 1.82) is 0 Å². The highest BCUT2D eigenvalue weighted by Crippen LogP contribution is 2.30. The number of nitrogens with zero attached hydrogens (tertiary/aromatic N) is 2. The van der Waals surface area contributed by atoms with Crippen LogP contribution in [0.5, 0.6) is 23.0 Å². The molecule has 2 aliphatic heterocycles. The van der Waals surface area contributed by atoms with E-state index >= 15 is 0 Å². The van der Waals surface area contributed by atoms with Gasteiger partial charge < -0.3 is 28.4 Å². The van der Waals surface area contributed by atoms with Gasteiger partial charge in [-0.25, -0.2) is 4.39 Å². The number of ether oxygens (including phenoxy) is 6. The Bertz CT molecular complexity index is 1940. The zero-order chi connectivity index (χ0) is 42.6. The highest BCUT2D eigenvalue weighted by molar-refractivity contribution is 5.70. The topological polar surface area (TPSA) is 96.0 Å². The molecule has 0 amide bonds. The first-order valence-corrected chi connectivity index (χ1v) is 20.5. The second-order valence-electron chi connectivity index (χ2n) is 17.0. The summed E-state index contributed by atoms with van der Waals surface area (Å²) in [5.41, 5.74) is 3.64. The van der Waals surface area contributed by atoms with Crippen molar-refractivity contribution >= 4 is 11.9 Å². The molecule has 2 fully saturated rings. The summed E-state index contributed by atoms with van der Waals surface area (Å²) in [5, 5.41) is 0. The molecule has 2 atom stereocenters. The minimum atomic E-state index is -0.456. The van der Waals surface area contributed by atoms with E-state index in [1.54, 1.807) is 12.1 Å². The molecule has 0 aliphatic carbocycles. The normalized spacial score (nSPS) is 17.6. The number of aryl methyl sites for hydroxylation is 1. The van der Waals surface area contributed by atoms with E-state index in [4.69, 9.17) is 28.4 Å². The number of carbonyl (C=O) groups is 2. The van der Waals surface area contributed by atoms with Gasteiger partial charge in [-0.15, -0.1) is 0 Å². The number of rotatable bonds is 12. The summed E-state index contributed by atoms with van der Waals surface area (Å²) in [5.74, 6) is 2.33. The smallest absolute Gasteiger partial charge is 0.307 e. The van der Waals surface area contributed by atoms with Crippen LogP contribution in [-0.2, 0) is 28.5 Å². The third kappa shape index (κ3) is 15.4. The molecule has 2 unspecified atom stereocenters. The quantitative estimate of drug-likeness (QED) is 0.129. The van der Waals surface area contributed by atoms with Crippen molar-refractivity contribution in [2.24, 2.45) is 0 Å². The molecule has 0 spiro atoms. The zero-order valence-electron chi connectivity index (χ0n) is 35.9. The van der Waals surface area contributed by atoms with Crippen LogP contribution in [0.25, 0.3) is 0 Å². The monoisotopic (exact) mass is 812 g/mol. The van der Waals surface area contributed by atoms with Gasteiger partial charge >= 0.3 is 11.9 Å². The number of carbonyl (C=O) groups excluding carboxylic acids is 2. The Kier molecular flexibility index (Phi) is 16.1. The first-order chi connectivity index (χ1) is 28.0. The van der Waals surface area contributed by atoms with Crippen LogP contribution in [0, 0.1) is 19.7 Å². The van der Waals surface area contributed by atoms with Gasteiger partial charge in [0, 0.05) is 39.3 Å². The van der Waals surface area contributed by atoms with Crippen LogP contribution in [0.1, 0.15) is 88.8 Å². The van der Waals surface area contributed by atoms with E-state index in [0.717, 1.165) is 54.4 Å². The van der Waals surface area contributed by atoms with Crippen LogP contribution in [-0.4, -0.2) is 85.4 Å². The summed E-state index contributed by atoms with van der Waals surface area (Å²) in [6, 6.07) is 27.8. The van der Waals surface area contributed by atoms with Crippen LogP contribution < -0.4 is 9.47 Å². The Labute approximate surface area is 349 Å². The first-order valence-electron chi connectivity index (χ1n) is 20.5. The zero-order valence-corrected chi connectivity index (χ0v) is 35.9. The molecule has 2 saturated heterocycles. The number of halogens is 1. The molecular formula is C48H61FN2O8. The van der Waals surface area contributed by atoms with E-state index in [1.165, 1.54) is 17.7 Å². The van der Waals surface area contributed by atoms with Crippen molar-refractivity contribution in [3.63, 3.8) is 0 Å². The van der Waals surface area contributed by atoms with Crippen LogP contribution in [0.4, 0.5) is 4.39 Å². The Morgan fingerprint density at radius 1 is 0.627 bits per heavy atom. The SMILES string of the molecule is CC(C)(C)OC(=O)CCN1CCOC(c2ccc(Oc3ccc(F)cc3)cc2)C1.Cc1cccc(Oc2ccc(C3CN(CCC(=O)OC(C)(C)C)CCO3)cc2)c1C. The molecule has 318 valence electrons. The summed E-state index contributed by atoms with van der Waals surface area (Å²) in [6.07, 6.45) is 0.704. The largest absolute Gasteiger partial charge is 0.460 e. The Balaban J connectivity index is 0.000000224. The van der Waals surface area contributed by atoms with Gasteiger partial charge in [0.05, 0.1) is 38.3 Å². The van der Waals surface area contributed by atoms with Gasteiger partial charge in [-0.05, 0) is 132 Å². The molecule has 6 rings (SSSR count). The summed E-state index contributed by atoms with van der Waals surface area (Å²) >= 11 is 0. The molecule has 59 heavy (non-hydrogen) atoms. The standard InChI is InChI=1S/C25H33NO4.C23H28FNO4/c1-18-7-6-8-22(19(18)2)29-21-11-9-20(10-12-21)23-17-26(15-16-28-23)14-13-24(27)30-25(3,4)5;1-23(2,3)29-22(26)12-13-25-14-15-27-21(16-25)17-4-8-19(9-5-17)28-20-10-6-18(24)7-11-20/h6-12,23H,13-17H2,1-5H3;4-11,21H,12-16H2,1-3H3. The molecular weight excluding hydrogens is 752 g/mol. The van der Waals surface area contributed by atoms with Crippen LogP contribution in [0.3, 0.4) is 0 Å². The fourth-order valence-corrected chi connectivity index (χ4v) is 6.60. The van der Waals surface area contributed by atoms with E-state index in [1.807, 2.05) is 90.1 Å².